The molecular formula is C29H29N3O2S. The van der Waals surface area contributed by atoms with E-state index in [0.717, 1.165) is 62.2 Å². The Labute approximate surface area is 209 Å². The fourth-order valence-electron chi connectivity index (χ4n) is 5.75. The van der Waals surface area contributed by atoms with Crippen LogP contribution >= 0.6 is 11.3 Å². The lowest BCUT2D eigenvalue weighted by Gasteiger charge is -2.24. The summed E-state index contributed by atoms with van der Waals surface area (Å²) >= 11 is 1.76. The third-order valence-electron chi connectivity index (χ3n) is 8.16. The van der Waals surface area contributed by atoms with Gasteiger partial charge < -0.3 is 4.90 Å². The average molecular weight is 484 g/mol. The van der Waals surface area contributed by atoms with E-state index >= 15 is 0 Å². The van der Waals surface area contributed by atoms with Gasteiger partial charge in [0.15, 0.2) is 0 Å². The zero-order valence-electron chi connectivity index (χ0n) is 20.0. The van der Waals surface area contributed by atoms with Crippen LogP contribution in [0.15, 0.2) is 52.8 Å². The second-order valence-electron chi connectivity index (χ2n) is 10.8. The number of aliphatic imine (C=N–C) groups is 1. The molecule has 4 aliphatic rings. The Balaban J connectivity index is 1.15. The molecule has 3 fully saturated rings. The van der Waals surface area contributed by atoms with Crippen LogP contribution in [0.25, 0.3) is 21.2 Å². The molecule has 5 nitrogen and oxygen atoms in total. The molecule has 6 heteroatoms. The van der Waals surface area contributed by atoms with Crippen molar-refractivity contribution in [3.8, 4) is 11.1 Å². The van der Waals surface area contributed by atoms with Crippen molar-refractivity contribution >= 4 is 39.1 Å². The predicted octanol–water partition coefficient (Wildman–Crippen LogP) is 5.26. The minimum Gasteiger partial charge on any atom is -0.342 e. The van der Waals surface area contributed by atoms with E-state index in [-0.39, 0.29) is 11.8 Å². The summed E-state index contributed by atoms with van der Waals surface area (Å²) in [7, 11) is 0. The molecule has 0 N–H and O–H groups in total. The summed E-state index contributed by atoms with van der Waals surface area (Å²) < 4.78 is 1.30. The molecule has 2 aliphatic carbocycles. The predicted molar refractivity (Wildman–Crippen MR) is 140 cm³/mol. The Morgan fingerprint density at radius 1 is 1.09 bits per heavy atom. The normalized spacial score (nSPS) is 22.9. The fraction of sp³-hybridized carbons (Fsp3) is 0.414. The van der Waals surface area contributed by atoms with E-state index in [0.29, 0.717) is 18.4 Å². The Hall–Kier alpha value is -2.99. The van der Waals surface area contributed by atoms with Crippen molar-refractivity contribution in [1.29, 1.82) is 0 Å². The average Bonchev–Trinajstić information content (AvgIpc) is 3.74. The van der Waals surface area contributed by atoms with Crippen molar-refractivity contribution in [2.75, 3.05) is 19.6 Å². The first-order chi connectivity index (χ1) is 17.0. The highest BCUT2D eigenvalue weighted by Gasteiger charge is 2.57. The summed E-state index contributed by atoms with van der Waals surface area (Å²) in [6.07, 6.45) is 4.74. The van der Waals surface area contributed by atoms with Crippen molar-refractivity contribution in [3.05, 3.63) is 59.0 Å². The molecule has 2 saturated carbocycles. The number of hydrogen-bond donors (Lipinski definition) is 0. The van der Waals surface area contributed by atoms with Crippen LogP contribution in [0.2, 0.25) is 0 Å². The Bertz CT molecular complexity index is 1400. The first kappa shape index (κ1) is 21.3. The molecule has 2 amide bonds. The molecule has 2 aromatic carbocycles. The van der Waals surface area contributed by atoms with E-state index in [9.17, 15) is 9.59 Å². The van der Waals surface area contributed by atoms with Crippen LogP contribution in [0.1, 0.15) is 43.2 Å². The number of carbonyl (C=O) groups is 2. The van der Waals surface area contributed by atoms with Gasteiger partial charge in [-0.15, -0.1) is 11.3 Å². The number of amidine groups is 1. The van der Waals surface area contributed by atoms with Crippen molar-refractivity contribution in [3.63, 3.8) is 0 Å². The van der Waals surface area contributed by atoms with Crippen LogP contribution in [0.5, 0.6) is 0 Å². The lowest BCUT2D eigenvalue weighted by molar-refractivity contribution is -0.131. The quantitative estimate of drug-likeness (QED) is 0.497. The lowest BCUT2D eigenvalue weighted by Crippen LogP contribution is -2.41. The highest BCUT2D eigenvalue weighted by molar-refractivity contribution is 7.17. The summed E-state index contributed by atoms with van der Waals surface area (Å²) in [6, 6.07) is 15.3. The van der Waals surface area contributed by atoms with Gasteiger partial charge in [-0.2, -0.15) is 0 Å². The Morgan fingerprint density at radius 2 is 1.89 bits per heavy atom. The summed E-state index contributed by atoms with van der Waals surface area (Å²) in [5.41, 5.74) is 4.05. The molecule has 2 aliphatic heterocycles. The van der Waals surface area contributed by atoms with Crippen LogP contribution in [0.3, 0.4) is 0 Å². The molecule has 1 atom stereocenters. The number of aryl methyl sites for hydroxylation is 1. The van der Waals surface area contributed by atoms with E-state index in [4.69, 9.17) is 4.99 Å². The topological polar surface area (TPSA) is 53.0 Å². The van der Waals surface area contributed by atoms with Crippen molar-refractivity contribution in [1.82, 2.24) is 9.80 Å². The molecule has 178 valence electrons. The zero-order chi connectivity index (χ0) is 23.7. The molecule has 7 rings (SSSR count). The molecule has 0 unspecified atom stereocenters. The van der Waals surface area contributed by atoms with Gasteiger partial charge in [-0.1, -0.05) is 24.3 Å². The SMILES string of the molecule is Cc1cc(-c2ccc3sccc3c2)ccc1C1=NC2(CC2)C(=O)N1C[C@@H]1CCN(C(=O)C2CC2)C1. The molecule has 0 radical (unpaired) electrons. The van der Waals surface area contributed by atoms with E-state index in [1.807, 2.05) is 9.80 Å². The third-order valence-corrected chi connectivity index (χ3v) is 9.06. The maximum Gasteiger partial charge on any atom is 0.256 e. The van der Waals surface area contributed by atoms with Gasteiger partial charge in [0.2, 0.25) is 5.91 Å². The van der Waals surface area contributed by atoms with Gasteiger partial charge in [0.25, 0.3) is 5.91 Å². The van der Waals surface area contributed by atoms with Crippen LogP contribution in [0.4, 0.5) is 0 Å². The Morgan fingerprint density at radius 3 is 2.66 bits per heavy atom. The molecular weight excluding hydrogens is 454 g/mol. The fourth-order valence-corrected chi connectivity index (χ4v) is 6.52. The van der Waals surface area contributed by atoms with E-state index in [1.165, 1.54) is 21.2 Å². The number of rotatable bonds is 5. The van der Waals surface area contributed by atoms with Crippen molar-refractivity contribution < 1.29 is 9.59 Å². The van der Waals surface area contributed by atoms with E-state index in [1.54, 1.807) is 11.3 Å². The van der Waals surface area contributed by atoms with Gasteiger partial charge >= 0.3 is 0 Å². The minimum atomic E-state index is -0.521. The van der Waals surface area contributed by atoms with E-state index < -0.39 is 5.54 Å². The number of fused-ring (bicyclic) bond motifs is 1. The summed E-state index contributed by atoms with van der Waals surface area (Å²) in [4.78, 5) is 34.9. The van der Waals surface area contributed by atoms with Crippen LogP contribution in [-0.2, 0) is 9.59 Å². The van der Waals surface area contributed by atoms with Crippen LogP contribution < -0.4 is 0 Å². The van der Waals surface area contributed by atoms with Crippen molar-refractivity contribution in [2.45, 2.75) is 44.6 Å². The summed E-state index contributed by atoms with van der Waals surface area (Å²) in [6.45, 7) is 4.37. The molecule has 0 bridgehead atoms. The zero-order valence-corrected chi connectivity index (χ0v) is 20.8. The highest BCUT2D eigenvalue weighted by atomic mass is 32.1. The second kappa shape index (κ2) is 7.76. The van der Waals surface area contributed by atoms with Gasteiger partial charge in [-0.05, 0) is 90.6 Å². The van der Waals surface area contributed by atoms with Gasteiger partial charge in [-0.25, -0.2) is 0 Å². The monoisotopic (exact) mass is 483 g/mol. The van der Waals surface area contributed by atoms with Gasteiger partial charge in [-0.3, -0.25) is 19.5 Å². The number of benzene rings is 2. The van der Waals surface area contributed by atoms with Crippen LogP contribution in [0, 0.1) is 18.8 Å². The standard InChI is InChI=1S/C29H29N3O2S/c1-18-14-21(22-5-7-25-23(15-22)9-13-35-25)4-6-24(18)26-30-29(10-11-29)28(34)32(26)17-19-8-12-31(16-19)27(33)20-2-3-20/h4-7,9,13-15,19-20H,2-3,8,10-12,16-17H2,1H3/t19-/m1/s1. The number of thiophene rings is 1. The molecule has 1 spiro atoms. The first-order valence-electron chi connectivity index (χ1n) is 12.8. The lowest BCUT2D eigenvalue weighted by atomic mass is 9.98. The molecule has 1 saturated heterocycles. The van der Waals surface area contributed by atoms with Gasteiger partial charge in [0, 0.05) is 35.8 Å². The number of carbonyl (C=O) groups excluding carboxylic acids is 2. The maximum atomic E-state index is 13.4. The highest BCUT2D eigenvalue weighted by Crippen LogP contribution is 2.46. The van der Waals surface area contributed by atoms with Gasteiger partial charge in [0.05, 0.1) is 0 Å². The van der Waals surface area contributed by atoms with Crippen LogP contribution in [-0.4, -0.2) is 52.6 Å². The number of likely N-dealkylation sites (tertiary alicyclic amines) is 1. The third kappa shape index (κ3) is 3.61. The minimum absolute atomic E-state index is 0.158. The van der Waals surface area contributed by atoms with Gasteiger partial charge in [0.1, 0.15) is 11.4 Å². The van der Waals surface area contributed by atoms with Crippen molar-refractivity contribution in [2.24, 2.45) is 16.8 Å². The molecule has 3 heterocycles. The number of hydrogen-bond acceptors (Lipinski definition) is 4. The summed E-state index contributed by atoms with van der Waals surface area (Å²) in [5, 5.41) is 3.40. The smallest absolute Gasteiger partial charge is 0.256 e. The largest absolute Gasteiger partial charge is 0.342 e. The second-order valence-corrected chi connectivity index (χ2v) is 11.7. The Kier molecular flexibility index (Phi) is 4.72. The summed E-state index contributed by atoms with van der Waals surface area (Å²) in [5.74, 6) is 1.89. The molecule has 3 aromatic rings. The van der Waals surface area contributed by atoms with E-state index in [2.05, 4.69) is 54.8 Å². The number of amides is 2. The molecule has 35 heavy (non-hydrogen) atoms. The molecule has 1 aromatic heterocycles. The first-order valence-corrected chi connectivity index (χ1v) is 13.7. The number of nitrogens with zero attached hydrogens (tertiary/aromatic N) is 3. The maximum absolute atomic E-state index is 13.4.